The van der Waals surface area contributed by atoms with Gasteiger partial charge in [-0.05, 0) is 49.2 Å². The van der Waals surface area contributed by atoms with Crippen molar-refractivity contribution in [3.8, 4) is 0 Å². The highest BCUT2D eigenvalue weighted by molar-refractivity contribution is 7.89. The zero-order valence-corrected chi connectivity index (χ0v) is 16.8. The van der Waals surface area contributed by atoms with Gasteiger partial charge in [0, 0.05) is 6.04 Å². The lowest BCUT2D eigenvalue weighted by atomic mass is 10.1. The maximum atomic E-state index is 12.3. The number of ether oxygens (including phenoxy) is 1. The molecule has 0 aliphatic rings. The van der Waals surface area contributed by atoms with E-state index < -0.39 is 28.5 Å². The largest absolute Gasteiger partial charge is 0.468 e. The van der Waals surface area contributed by atoms with Crippen molar-refractivity contribution < 1.29 is 27.2 Å². The van der Waals surface area contributed by atoms with E-state index >= 15 is 0 Å². The molecule has 1 aromatic carbocycles. The second-order valence-electron chi connectivity index (χ2n) is 6.60. The highest BCUT2D eigenvalue weighted by atomic mass is 32.2. The van der Waals surface area contributed by atoms with E-state index in [1.807, 2.05) is 20.8 Å². The summed E-state index contributed by atoms with van der Waals surface area (Å²) in [7, 11) is -3.75. The minimum Gasteiger partial charge on any atom is -0.468 e. The zero-order chi connectivity index (χ0) is 20.7. The minimum atomic E-state index is -3.75. The number of sulfonamides is 1. The van der Waals surface area contributed by atoms with Gasteiger partial charge >= 0.3 is 5.97 Å². The second-order valence-corrected chi connectivity index (χ2v) is 8.37. The Morgan fingerprint density at radius 2 is 1.79 bits per heavy atom. The second kappa shape index (κ2) is 9.52. The fourth-order valence-corrected chi connectivity index (χ4v) is 3.10. The molecule has 1 atom stereocenters. The number of carbonyl (C=O) groups is 2. The van der Waals surface area contributed by atoms with Gasteiger partial charge in [0.25, 0.3) is 5.91 Å². The molecule has 0 unspecified atom stereocenters. The summed E-state index contributed by atoms with van der Waals surface area (Å²) in [6, 6.07) is 8.53. The van der Waals surface area contributed by atoms with Crippen LogP contribution in [0.2, 0.25) is 0 Å². The maximum absolute atomic E-state index is 12.3. The molecule has 8 nitrogen and oxygen atoms in total. The first-order valence-corrected chi connectivity index (χ1v) is 10.3. The summed E-state index contributed by atoms with van der Waals surface area (Å²) in [6.07, 6.45) is 1.45. The molecule has 0 fully saturated rings. The van der Waals surface area contributed by atoms with E-state index in [4.69, 9.17) is 9.15 Å². The van der Waals surface area contributed by atoms with E-state index in [-0.39, 0.29) is 29.0 Å². The molecule has 2 rings (SSSR count). The third kappa shape index (κ3) is 6.21. The molecule has 0 spiro atoms. The van der Waals surface area contributed by atoms with Crippen LogP contribution in [0.3, 0.4) is 0 Å². The summed E-state index contributed by atoms with van der Waals surface area (Å²) in [5.41, 5.74) is 0.148. The molecular formula is C19H24N2O6S. The van der Waals surface area contributed by atoms with E-state index in [0.29, 0.717) is 5.76 Å². The van der Waals surface area contributed by atoms with Gasteiger partial charge in [-0.1, -0.05) is 13.8 Å². The smallest absolute Gasteiger partial charge is 0.338 e. The van der Waals surface area contributed by atoms with Gasteiger partial charge in [0.1, 0.15) is 5.76 Å². The lowest BCUT2D eigenvalue weighted by Gasteiger charge is -2.17. The number of hydrogen-bond donors (Lipinski definition) is 2. The Morgan fingerprint density at radius 1 is 1.11 bits per heavy atom. The first-order valence-electron chi connectivity index (χ1n) is 8.77. The Labute approximate surface area is 164 Å². The molecule has 0 saturated carbocycles. The zero-order valence-electron chi connectivity index (χ0n) is 16.0. The van der Waals surface area contributed by atoms with Gasteiger partial charge in [0.15, 0.2) is 6.61 Å². The quantitative estimate of drug-likeness (QED) is 0.614. The number of carbonyl (C=O) groups excluding carboxylic acids is 2. The molecule has 2 aromatic rings. The summed E-state index contributed by atoms with van der Waals surface area (Å²) < 4.78 is 37.0. The molecule has 0 radical (unpaired) electrons. The summed E-state index contributed by atoms with van der Waals surface area (Å²) >= 11 is 0. The molecule has 2 N–H and O–H groups in total. The van der Waals surface area contributed by atoms with Crippen LogP contribution < -0.4 is 10.0 Å². The molecule has 1 amide bonds. The van der Waals surface area contributed by atoms with Crippen LogP contribution in [0, 0.1) is 5.92 Å². The normalized spacial score (nSPS) is 12.6. The minimum absolute atomic E-state index is 0.000827. The van der Waals surface area contributed by atoms with E-state index in [1.165, 1.54) is 30.5 Å². The predicted molar refractivity (Wildman–Crippen MR) is 102 cm³/mol. The average Bonchev–Trinajstić information content (AvgIpc) is 3.18. The fraction of sp³-hybridized carbons (Fsp3) is 0.368. The summed E-state index contributed by atoms with van der Waals surface area (Å²) in [5, 5.41) is 2.73. The van der Waals surface area contributed by atoms with Crippen LogP contribution in [-0.4, -0.2) is 32.9 Å². The first-order chi connectivity index (χ1) is 13.2. The standard InChI is InChI=1S/C19H24N2O6S/c1-13(2)14(3)21-18(22)12-27-19(23)15-6-8-17(9-7-15)28(24,25)20-11-16-5-4-10-26-16/h4-10,13-14,20H,11-12H2,1-3H3,(H,21,22)/t14-/m1/s1. The third-order valence-electron chi connectivity index (χ3n) is 4.14. The number of rotatable bonds is 9. The van der Waals surface area contributed by atoms with Gasteiger partial charge in [-0.25, -0.2) is 17.9 Å². The molecule has 0 aliphatic heterocycles. The number of furan rings is 1. The van der Waals surface area contributed by atoms with Crippen molar-refractivity contribution in [1.29, 1.82) is 0 Å². The van der Waals surface area contributed by atoms with Crippen LogP contribution in [-0.2, 0) is 26.1 Å². The predicted octanol–water partition coefficient (Wildman–Crippen LogP) is 2.08. The Balaban J connectivity index is 1.90. The summed E-state index contributed by atoms with van der Waals surface area (Å²) in [4.78, 5) is 23.8. The summed E-state index contributed by atoms with van der Waals surface area (Å²) in [5.74, 6) is -0.361. The van der Waals surface area contributed by atoms with Gasteiger partial charge in [0.05, 0.1) is 23.3 Å². The molecule has 0 bridgehead atoms. The lowest BCUT2D eigenvalue weighted by molar-refractivity contribution is -0.125. The highest BCUT2D eigenvalue weighted by Crippen LogP contribution is 2.12. The van der Waals surface area contributed by atoms with Gasteiger partial charge in [0.2, 0.25) is 10.0 Å². The molecule has 152 valence electrons. The molecule has 1 heterocycles. The van der Waals surface area contributed by atoms with Gasteiger partial charge in [-0.15, -0.1) is 0 Å². The van der Waals surface area contributed by atoms with Crippen molar-refractivity contribution in [3.05, 3.63) is 54.0 Å². The van der Waals surface area contributed by atoms with Crippen molar-refractivity contribution in [2.75, 3.05) is 6.61 Å². The molecular weight excluding hydrogens is 384 g/mol. The Kier molecular flexibility index (Phi) is 7.36. The average molecular weight is 408 g/mol. The number of hydrogen-bond acceptors (Lipinski definition) is 6. The topological polar surface area (TPSA) is 115 Å². The molecule has 28 heavy (non-hydrogen) atoms. The highest BCUT2D eigenvalue weighted by Gasteiger charge is 2.17. The number of amides is 1. The monoisotopic (exact) mass is 408 g/mol. The van der Waals surface area contributed by atoms with Gasteiger partial charge in [-0.3, -0.25) is 4.79 Å². The van der Waals surface area contributed by atoms with Crippen LogP contribution in [0.25, 0.3) is 0 Å². The SMILES string of the molecule is CC(C)[C@@H](C)NC(=O)COC(=O)c1ccc(S(=O)(=O)NCc2ccco2)cc1. The first kappa shape index (κ1) is 21.6. The maximum Gasteiger partial charge on any atom is 0.338 e. The van der Waals surface area contributed by atoms with Crippen molar-refractivity contribution in [3.63, 3.8) is 0 Å². The third-order valence-corrected chi connectivity index (χ3v) is 5.56. The molecule has 0 saturated heterocycles. The van der Waals surface area contributed by atoms with Crippen molar-refractivity contribution in [2.45, 2.75) is 38.3 Å². The van der Waals surface area contributed by atoms with Crippen LogP contribution in [0.4, 0.5) is 0 Å². The Hall–Kier alpha value is -2.65. The van der Waals surface area contributed by atoms with Crippen molar-refractivity contribution >= 4 is 21.9 Å². The van der Waals surface area contributed by atoms with Crippen molar-refractivity contribution in [1.82, 2.24) is 10.0 Å². The number of esters is 1. The summed E-state index contributed by atoms with van der Waals surface area (Å²) in [6.45, 7) is 5.42. The van der Waals surface area contributed by atoms with Crippen LogP contribution >= 0.6 is 0 Å². The molecule has 9 heteroatoms. The van der Waals surface area contributed by atoms with E-state index in [2.05, 4.69) is 10.0 Å². The number of nitrogens with one attached hydrogen (secondary N) is 2. The lowest BCUT2D eigenvalue weighted by Crippen LogP contribution is -2.38. The Bertz CT molecular complexity index is 889. The van der Waals surface area contributed by atoms with Crippen LogP contribution in [0.15, 0.2) is 52.0 Å². The molecule has 1 aromatic heterocycles. The Morgan fingerprint density at radius 3 is 2.36 bits per heavy atom. The van der Waals surface area contributed by atoms with Crippen molar-refractivity contribution in [2.24, 2.45) is 5.92 Å². The van der Waals surface area contributed by atoms with Crippen LogP contribution in [0.1, 0.15) is 36.9 Å². The molecule has 0 aliphatic carbocycles. The van der Waals surface area contributed by atoms with E-state index in [9.17, 15) is 18.0 Å². The van der Waals surface area contributed by atoms with E-state index in [1.54, 1.807) is 12.1 Å². The van der Waals surface area contributed by atoms with E-state index in [0.717, 1.165) is 0 Å². The van der Waals surface area contributed by atoms with Crippen LogP contribution in [0.5, 0.6) is 0 Å². The van der Waals surface area contributed by atoms with Gasteiger partial charge in [-0.2, -0.15) is 0 Å². The van der Waals surface area contributed by atoms with Gasteiger partial charge < -0.3 is 14.5 Å². The number of benzene rings is 1. The fourth-order valence-electron chi connectivity index (χ4n) is 2.11.